The molecule has 2 aromatic carbocycles. The van der Waals surface area contributed by atoms with Crippen LogP contribution >= 0.6 is 27.7 Å². The minimum atomic E-state index is -0.498. The number of amides is 1. The molecular weight excluding hydrogens is 424 g/mol. The molecule has 1 aromatic heterocycles. The number of nitro groups is 1. The number of hydrogen-bond donors (Lipinski definition) is 1. The molecule has 0 aliphatic rings. The van der Waals surface area contributed by atoms with E-state index in [0.29, 0.717) is 11.3 Å². The molecule has 1 heterocycles. The maximum absolute atomic E-state index is 12.0. The number of non-ortho nitro benzene ring substituents is 1. The van der Waals surface area contributed by atoms with Gasteiger partial charge in [0.25, 0.3) is 10.9 Å². The van der Waals surface area contributed by atoms with Crippen LogP contribution in [-0.4, -0.2) is 26.8 Å². The lowest BCUT2D eigenvalue weighted by Crippen LogP contribution is -2.13. The number of benzene rings is 2. The molecule has 0 saturated carbocycles. The summed E-state index contributed by atoms with van der Waals surface area (Å²) in [5.74, 6) is 0.0232. The third kappa shape index (κ3) is 4.67. The molecule has 0 aliphatic carbocycles. The van der Waals surface area contributed by atoms with Crippen LogP contribution in [0.5, 0.6) is 0 Å². The highest BCUT2D eigenvalue weighted by Crippen LogP contribution is 2.26. The van der Waals surface area contributed by atoms with Gasteiger partial charge in [-0.2, -0.15) is 0 Å². The van der Waals surface area contributed by atoms with Crippen molar-refractivity contribution in [2.24, 2.45) is 0 Å². The molecule has 0 fully saturated rings. The molecule has 8 nitrogen and oxygen atoms in total. The summed E-state index contributed by atoms with van der Waals surface area (Å²) >= 11 is 4.41. The van der Waals surface area contributed by atoms with Crippen LogP contribution in [0.25, 0.3) is 11.5 Å². The van der Waals surface area contributed by atoms with E-state index in [4.69, 9.17) is 4.42 Å². The van der Waals surface area contributed by atoms with Gasteiger partial charge in [0, 0.05) is 27.9 Å². The highest BCUT2D eigenvalue weighted by Gasteiger charge is 2.14. The van der Waals surface area contributed by atoms with Crippen molar-refractivity contribution in [2.75, 3.05) is 11.1 Å². The van der Waals surface area contributed by atoms with Crippen molar-refractivity contribution in [2.45, 2.75) is 5.22 Å². The average Bonchev–Trinajstić information content (AvgIpc) is 3.09. The molecule has 1 amide bonds. The Bertz CT molecular complexity index is 963. The third-order valence-electron chi connectivity index (χ3n) is 3.15. The van der Waals surface area contributed by atoms with Crippen molar-refractivity contribution in [3.8, 4) is 11.5 Å². The van der Waals surface area contributed by atoms with E-state index in [2.05, 4.69) is 31.4 Å². The van der Waals surface area contributed by atoms with Crippen LogP contribution in [0, 0.1) is 10.1 Å². The molecule has 0 radical (unpaired) electrons. The van der Waals surface area contributed by atoms with Crippen LogP contribution in [0.1, 0.15) is 0 Å². The first-order valence-electron chi connectivity index (χ1n) is 7.28. The number of anilines is 1. The normalized spacial score (nSPS) is 10.5. The average molecular weight is 435 g/mol. The van der Waals surface area contributed by atoms with E-state index in [1.165, 1.54) is 18.2 Å². The molecule has 1 N–H and O–H groups in total. The summed E-state index contributed by atoms with van der Waals surface area (Å²) in [4.78, 5) is 22.3. The number of nitro benzene ring substituents is 1. The molecule has 0 saturated heterocycles. The molecule has 26 heavy (non-hydrogen) atoms. The van der Waals surface area contributed by atoms with Gasteiger partial charge in [0.15, 0.2) is 0 Å². The first kappa shape index (κ1) is 18.1. The van der Waals surface area contributed by atoms with Gasteiger partial charge >= 0.3 is 0 Å². The molecule has 0 unspecified atom stereocenters. The molecule has 0 spiro atoms. The predicted molar refractivity (Wildman–Crippen MR) is 99.9 cm³/mol. The van der Waals surface area contributed by atoms with E-state index in [0.717, 1.165) is 16.2 Å². The zero-order valence-electron chi connectivity index (χ0n) is 13.1. The van der Waals surface area contributed by atoms with Gasteiger partial charge in [0.1, 0.15) is 0 Å². The van der Waals surface area contributed by atoms with Crippen LogP contribution < -0.4 is 5.32 Å². The number of rotatable bonds is 6. The Morgan fingerprint density at radius 3 is 2.81 bits per heavy atom. The van der Waals surface area contributed by atoms with Crippen molar-refractivity contribution in [3.63, 3.8) is 0 Å². The molecule has 3 rings (SSSR count). The zero-order valence-corrected chi connectivity index (χ0v) is 15.5. The lowest BCUT2D eigenvalue weighted by atomic mass is 10.2. The Labute approximate surface area is 160 Å². The second-order valence-corrected chi connectivity index (χ2v) is 6.87. The molecule has 132 valence electrons. The van der Waals surface area contributed by atoms with Crippen molar-refractivity contribution in [1.82, 2.24) is 10.2 Å². The lowest BCUT2D eigenvalue weighted by molar-refractivity contribution is -0.384. The van der Waals surface area contributed by atoms with Gasteiger partial charge in [-0.3, -0.25) is 14.9 Å². The minimum Gasteiger partial charge on any atom is -0.411 e. The number of aromatic nitrogens is 2. The number of hydrogen-bond acceptors (Lipinski definition) is 7. The summed E-state index contributed by atoms with van der Waals surface area (Å²) in [6.45, 7) is 0. The Morgan fingerprint density at radius 2 is 2.04 bits per heavy atom. The number of carbonyl (C=O) groups is 1. The summed E-state index contributed by atoms with van der Waals surface area (Å²) in [7, 11) is 0. The fourth-order valence-electron chi connectivity index (χ4n) is 2.03. The summed E-state index contributed by atoms with van der Waals surface area (Å²) in [5, 5.41) is 21.5. The highest BCUT2D eigenvalue weighted by molar-refractivity contribution is 9.10. The van der Waals surface area contributed by atoms with Gasteiger partial charge in [0.2, 0.25) is 11.8 Å². The Hall–Kier alpha value is -2.72. The summed E-state index contributed by atoms with van der Waals surface area (Å²) in [5.41, 5.74) is 1.05. The largest absolute Gasteiger partial charge is 0.411 e. The van der Waals surface area contributed by atoms with Crippen LogP contribution in [0.2, 0.25) is 0 Å². The smallest absolute Gasteiger partial charge is 0.277 e. The first-order valence-corrected chi connectivity index (χ1v) is 9.06. The lowest BCUT2D eigenvalue weighted by Gasteiger charge is -2.04. The Morgan fingerprint density at radius 1 is 1.23 bits per heavy atom. The SMILES string of the molecule is O=C(CSc1nnc(-c2cccc([N+](=O)[O-])c2)o1)Nc1cccc(Br)c1. The van der Waals surface area contributed by atoms with Crippen molar-refractivity contribution in [3.05, 3.63) is 63.1 Å². The van der Waals surface area contributed by atoms with Crippen LogP contribution in [-0.2, 0) is 4.79 Å². The fraction of sp³-hybridized carbons (Fsp3) is 0.0625. The minimum absolute atomic E-state index is 0.0664. The van der Waals surface area contributed by atoms with Gasteiger partial charge in [-0.25, -0.2) is 0 Å². The van der Waals surface area contributed by atoms with E-state index < -0.39 is 4.92 Å². The fourth-order valence-corrected chi connectivity index (χ4v) is 2.99. The second-order valence-electron chi connectivity index (χ2n) is 5.03. The molecule has 0 bridgehead atoms. The van der Waals surface area contributed by atoms with Crippen LogP contribution in [0.4, 0.5) is 11.4 Å². The van der Waals surface area contributed by atoms with Crippen molar-refractivity contribution >= 4 is 45.0 Å². The zero-order chi connectivity index (χ0) is 18.5. The van der Waals surface area contributed by atoms with Gasteiger partial charge in [-0.05, 0) is 24.3 Å². The van der Waals surface area contributed by atoms with E-state index >= 15 is 0 Å². The van der Waals surface area contributed by atoms with E-state index in [9.17, 15) is 14.9 Å². The number of nitrogens with one attached hydrogen (secondary N) is 1. The highest BCUT2D eigenvalue weighted by atomic mass is 79.9. The monoisotopic (exact) mass is 434 g/mol. The number of carbonyl (C=O) groups excluding carboxylic acids is 1. The quantitative estimate of drug-likeness (QED) is 0.352. The van der Waals surface area contributed by atoms with Crippen LogP contribution in [0.3, 0.4) is 0 Å². The summed E-state index contributed by atoms with van der Waals surface area (Å²) in [6, 6.07) is 13.1. The standard InChI is InChI=1S/C16H11BrN4O4S/c17-11-4-2-5-12(8-11)18-14(22)9-26-16-20-19-15(25-16)10-3-1-6-13(7-10)21(23)24/h1-8H,9H2,(H,18,22). The van der Waals surface area contributed by atoms with Crippen molar-refractivity contribution in [1.29, 1.82) is 0 Å². The Kier molecular flexibility index (Phi) is 5.64. The van der Waals surface area contributed by atoms with Gasteiger partial charge < -0.3 is 9.73 Å². The molecule has 3 aromatic rings. The van der Waals surface area contributed by atoms with Gasteiger partial charge in [0.05, 0.1) is 10.7 Å². The van der Waals surface area contributed by atoms with E-state index in [1.54, 1.807) is 18.2 Å². The molecule has 10 heteroatoms. The number of thioether (sulfide) groups is 1. The topological polar surface area (TPSA) is 111 Å². The van der Waals surface area contributed by atoms with Crippen LogP contribution in [0.15, 0.2) is 62.6 Å². The van der Waals surface area contributed by atoms with E-state index in [1.807, 2.05) is 12.1 Å². The van der Waals surface area contributed by atoms with E-state index in [-0.39, 0.29) is 28.5 Å². The maximum Gasteiger partial charge on any atom is 0.277 e. The Balaban J connectivity index is 1.61. The van der Waals surface area contributed by atoms with Gasteiger partial charge in [-0.1, -0.05) is 39.8 Å². The molecular formula is C16H11BrN4O4S. The summed E-state index contributed by atoms with van der Waals surface area (Å²) in [6.07, 6.45) is 0. The molecule has 0 aliphatic heterocycles. The summed E-state index contributed by atoms with van der Waals surface area (Å²) < 4.78 is 6.32. The predicted octanol–water partition coefficient (Wildman–Crippen LogP) is 4.14. The maximum atomic E-state index is 12.0. The number of halogens is 1. The second kappa shape index (κ2) is 8.11. The van der Waals surface area contributed by atoms with Gasteiger partial charge in [-0.15, -0.1) is 10.2 Å². The third-order valence-corrected chi connectivity index (χ3v) is 4.46. The molecule has 0 atom stereocenters. The number of nitrogens with zero attached hydrogens (tertiary/aromatic N) is 3. The van der Waals surface area contributed by atoms with Crippen molar-refractivity contribution < 1.29 is 14.1 Å². The first-order chi connectivity index (χ1) is 12.5.